The van der Waals surface area contributed by atoms with Crippen LogP contribution in [-0.4, -0.2) is 70.1 Å². The number of hydrogen-bond donors (Lipinski definition) is 4. The molecule has 0 aromatic heterocycles. The van der Waals surface area contributed by atoms with Gasteiger partial charge in [0.1, 0.15) is 30.2 Å². The first kappa shape index (κ1) is 16.3. The Morgan fingerprint density at radius 3 is 2.59 bits per heavy atom. The van der Waals surface area contributed by atoms with Gasteiger partial charge in [-0.25, -0.2) is 0 Å². The summed E-state index contributed by atoms with van der Waals surface area (Å²) in [6.07, 6.45) is -3.85. The molecule has 22 heavy (non-hydrogen) atoms. The minimum Gasteiger partial charge on any atom is -0.394 e. The van der Waals surface area contributed by atoms with Gasteiger partial charge in [-0.15, -0.1) is 0 Å². The maximum atomic E-state index is 12.4. The Hall–Kier alpha value is -0.570. The molecule has 8 atom stereocenters. The number of carbonyl (C=O) groups excluding carboxylic acids is 1. The van der Waals surface area contributed by atoms with Crippen molar-refractivity contribution in [2.45, 2.75) is 56.9 Å². The van der Waals surface area contributed by atoms with Crippen LogP contribution in [0.5, 0.6) is 0 Å². The van der Waals surface area contributed by atoms with E-state index < -0.39 is 42.7 Å². The van der Waals surface area contributed by atoms with Crippen molar-refractivity contribution < 1.29 is 34.7 Å². The molecule has 0 aromatic carbocycles. The number of aliphatic hydroxyl groups excluding tert-OH is 4. The number of hydrogen-bond acceptors (Lipinski definition) is 7. The Balaban J connectivity index is 1.65. The summed E-state index contributed by atoms with van der Waals surface area (Å²) in [5, 5.41) is 38.6. The van der Waals surface area contributed by atoms with Gasteiger partial charge in [-0.1, -0.05) is 6.92 Å². The summed E-state index contributed by atoms with van der Waals surface area (Å²) in [6.45, 7) is 1.59. The zero-order chi connectivity index (χ0) is 16.1. The Morgan fingerprint density at radius 2 is 2.00 bits per heavy atom. The molecule has 7 nitrogen and oxygen atoms in total. The first-order valence-corrected chi connectivity index (χ1v) is 7.86. The average Bonchev–Trinajstić information content (AvgIpc) is 3.04. The third-order valence-electron chi connectivity index (χ3n) is 5.66. The molecule has 0 unspecified atom stereocenters. The van der Waals surface area contributed by atoms with Crippen LogP contribution in [0.15, 0.2) is 0 Å². The fourth-order valence-electron chi connectivity index (χ4n) is 4.16. The van der Waals surface area contributed by atoms with Crippen molar-refractivity contribution in [2.75, 3.05) is 13.2 Å². The molecule has 0 aromatic rings. The van der Waals surface area contributed by atoms with E-state index in [1.54, 1.807) is 0 Å². The van der Waals surface area contributed by atoms with E-state index in [0.29, 0.717) is 5.92 Å². The van der Waals surface area contributed by atoms with Crippen LogP contribution in [0.1, 0.15) is 26.2 Å². The third-order valence-corrected chi connectivity index (χ3v) is 5.66. The van der Waals surface area contributed by atoms with E-state index in [2.05, 4.69) is 0 Å². The van der Waals surface area contributed by atoms with E-state index in [9.17, 15) is 20.1 Å². The molecule has 2 bridgehead atoms. The monoisotopic (exact) mass is 316 g/mol. The summed E-state index contributed by atoms with van der Waals surface area (Å²) in [5.74, 6) is 0.659. The SMILES string of the molecule is C[C@H]1C(=O)[C@@]2(CO[C@@H]3O[C@H](CO)[C@@H](O)[C@H](O)[C@H]3O)CC[C@@H]1C2. The van der Waals surface area contributed by atoms with E-state index in [1.807, 2.05) is 6.92 Å². The molecule has 3 aliphatic rings. The van der Waals surface area contributed by atoms with Gasteiger partial charge in [-0.2, -0.15) is 0 Å². The quantitative estimate of drug-likeness (QED) is 0.515. The van der Waals surface area contributed by atoms with Crippen LogP contribution in [-0.2, 0) is 14.3 Å². The van der Waals surface area contributed by atoms with Gasteiger partial charge in [0.05, 0.1) is 18.6 Å². The Labute approximate surface area is 128 Å². The molecule has 2 saturated carbocycles. The number of carbonyl (C=O) groups is 1. The largest absolute Gasteiger partial charge is 0.394 e. The lowest BCUT2D eigenvalue weighted by Crippen LogP contribution is -2.59. The molecular formula is C15H24O7. The molecule has 0 radical (unpaired) electrons. The van der Waals surface area contributed by atoms with E-state index in [-0.39, 0.29) is 18.3 Å². The van der Waals surface area contributed by atoms with Crippen LogP contribution < -0.4 is 0 Å². The van der Waals surface area contributed by atoms with Crippen LogP contribution in [0, 0.1) is 17.3 Å². The molecule has 0 spiro atoms. The summed E-state index contributed by atoms with van der Waals surface area (Å²) in [5.41, 5.74) is -0.511. The van der Waals surface area contributed by atoms with Crippen molar-refractivity contribution >= 4 is 5.78 Å². The van der Waals surface area contributed by atoms with Crippen LogP contribution in [0.3, 0.4) is 0 Å². The highest BCUT2D eigenvalue weighted by atomic mass is 16.7. The number of aliphatic hydroxyl groups is 4. The Morgan fingerprint density at radius 1 is 1.27 bits per heavy atom. The van der Waals surface area contributed by atoms with Crippen LogP contribution >= 0.6 is 0 Å². The summed E-state index contributed by atoms with van der Waals surface area (Å²) >= 11 is 0. The molecule has 4 N–H and O–H groups in total. The topological polar surface area (TPSA) is 116 Å². The van der Waals surface area contributed by atoms with Crippen LogP contribution in [0.2, 0.25) is 0 Å². The van der Waals surface area contributed by atoms with Crippen molar-refractivity contribution in [1.29, 1.82) is 0 Å². The van der Waals surface area contributed by atoms with E-state index in [1.165, 1.54) is 0 Å². The maximum absolute atomic E-state index is 12.4. The summed E-state index contributed by atoms with van der Waals surface area (Å²) in [7, 11) is 0. The second kappa shape index (κ2) is 5.81. The highest BCUT2D eigenvalue weighted by Gasteiger charge is 2.56. The first-order chi connectivity index (χ1) is 10.4. The van der Waals surface area contributed by atoms with Gasteiger partial charge in [0, 0.05) is 5.92 Å². The Bertz CT molecular complexity index is 440. The van der Waals surface area contributed by atoms with Crippen molar-refractivity contribution in [3.05, 3.63) is 0 Å². The molecule has 1 heterocycles. The van der Waals surface area contributed by atoms with Crippen LogP contribution in [0.25, 0.3) is 0 Å². The zero-order valence-corrected chi connectivity index (χ0v) is 12.6. The van der Waals surface area contributed by atoms with Crippen molar-refractivity contribution in [2.24, 2.45) is 17.3 Å². The molecular weight excluding hydrogens is 292 g/mol. The minimum atomic E-state index is -1.46. The van der Waals surface area contributed by atoms with E-state index in [0.717, 1.165) is 19.3 Å². The highest BCUT2D eigenvalue weighted by Crippen LogP contribution is 2.54. The smallest absolute Gasteiger partial charge is 0.186 e. The second-order valence-corrected chi connectivity index (χ2v) is 6.94. The summed E-state index contributed by atoms with van der Waals surface area (Å²) < 4.78 is 10.9. The molecule has 0 amide bonds. The van der Waals surface area contributed by atoms with Gasteiger partial charge in [-0.3, -0.25) is 4.79 Å². The lowest BCUT2D eigenvalue weighted by Gasteiger charge is -2.40. The first-order valence-electron chi connectivity index (χ1n) is 7.86. The lowest BCUT2D eigenvalue weighted by atomic mass is 9.80. The highest BCUT2D eigenvalue weighted by molar-refractivity contribution is 5.90. The van der Waals surface area contributed by atoms with Gasteiger partial charge >= 0.3 is 0 Å². The van der Waals surface area contributed by atoms with E-state index in [4.69, 9.17) is 14.6 Å². The van der Waals surface area contributed by atoms with E-state index >= 15 is 0 Å². The zero-order valence-electron chi connectivity index (χ0n) is 12.6. The fourth-order valence-corrected chi connectivity index (χ4v) is 4.16. The number of ether oxygens (including phenoxy) is 2. The van der Waals surface area contributed by atoms with Crippen molar-refractivity contribution in [3.8, 4) is 0 Å². The predicted molar refractivity (Wildman–Crippen MR) is 73.7 cm³/mol. The molecule has 1 saturated heterocycles. The number of Topliss-reactive ketones (excluding diaryl/α,β-unsaturated/α-hetero) is 1. The molecule has 3 fully saturated rings. The second-order valence-electron chi connectivity index (χ2n) is 6.94. The molecule has 1 aliphatic heterocycles. The molecule has 2 aliphatic carbocycles. The summed E-state index contributed by atoms with van der Waals surface area (Å²) in [6, 6.07) is 0. The minimum absolute atomic E-state index is 0.0483. The van der Waals surface area contributed by atoms with Gasteiger partial charge in [0.15, 0.2) is 6.29 Å². The molecule has 126 valence electrons. The Kier molecular flexibility index (Phi) is 4.30. The number of ketones is 1. The van der Waals surface area contributed by atoms with Crippen molar-refractivity contribution in [3.63, 3.8) is 0 Å². The van der Waals surface area contributed by atoms with Crippen molar-refractivity contribution in [1.82, 2.24) is 0 Å². The average molecular weight is 316 g/mol. The van der Waals surface area contributed by atoms with Crippen LogP contribution in [0.4, 0.5) is 0 Å². The predicted octanol–water partition coefficient (Wildman–Crippen LogP) is -1.19. The standard InChI is InChI=1S/C15H24O7/c1-7-8-2-3-15(4-8,13(7)20)6-21-14-12(19)11(18)10(17)9(5-16)22-14/h7-12,14,16-19H,2-6H2,1H3/t7-,8-,9-,10-,11+,12-,14-,15+/m1/s1. The van der Waals surface area contributed by atoms with Gasteiger partial charge in [0.25, 0.3) is 0 Å². The number of fused-ring (bicyclic) bond motifs is 2. The summed E-state index contributed by atoms with van der Waals surface area (Å²) in [4.78, 5) is 12.4. The van der Waals surface area contributed by atoms with Gasteiger partial charge < -0.3 is 29.9 Å². The maximum Gasteiger partial charge on any atom is 0.186 e. The number of rotatable bonds is 4. The fraction of sp³-hybridized carbons (Fsp3) is 0.933. The normalized spacial score (nSPS) is 51.5. The van der Waals surface area contributed by atoms with Gasteiger partial charge in [-0.05, 0) is 25.2 Å². The third kappa shape index (κ3) is 2.40. The lowest BCUT2D eigenvalue weighted by molar-refractivity contribution is -0.305. The molecule has 3 rings (SSSR count). The van der Waals surface area contributed by atoms with Gasteiger partial charge in [0.2, 0.25) is 0 Å². The molecule has 7 heteroatoms.